The first-order chi connectivity index (χ1) is 7.47. The van der Waals surface area contributed by atoms with E-state index in [2.05, 4.69) is 9.72 Å². The van der Waals surface area contributed by atoms with Crippen molar-refractivity contribution in [2.45, 2.75) is 20.3 Å². The lowest BCUT2D eigenvalue weighted by atomic mass is 10.1. The Morgan fingerprint density at radius 1 is 1.62 bits per heavy atom. The van der Waals surface area contributed by atoms with Crippen molar-refractivity contribution < 1.29 is 23.4 Å². The maximum absolute atomic E-state index is 12.4. The molecule has 16 heavy (non-hydrogen) atoms. The number of carbonyl (C=O) groups excluding carboxylic acids is 1. The number of rotatable bonds is 3. The molecular weight excluding hydrogens is 220 g/mol. The number of ether oxygens (including phenoxy) is 1. The van der Waals surface area contributed by atoms with Crippen LogP contribution in [0.3, 0.4) is 0 Å². The molecule has 0 aliphatic heterocycles. The third-order valence-electron chi connectivity index (χ3n) is 1.91. The van der Waals surface area contributed by atoms with Crippen LogP contribution in [0, 0.1) is 6.92 Å². The minimum Gasteiger partial charge on any atom is -0.505 e. The quantitative estimate of drug-likeness (QED) is 0.810. The Labute approximate surface area is 90.9 Å². The lowest BCUT2D eigenvalue weighted by Crippen LogP contribution is -2.08. The zero-order valence-electron chi connectivity index (χ0n) is 8.83. The van der Waals surface area contributed by atoms with Crippen molar-refractivity contribution in [2.75, 3.05) is 6.61 Å². The van der Waals surface area contributed by atoms with E-state index in [1.165, 1.54) is 6.92 Å². The summed E-state index contributed by atoms with van der Waals surface area (Å²) >= 11 is 0. The largest absolute Gasteiger partial charge is 0.505 e. The monoisotopic (exact) mass is 231 g/mol. The number of aryl methyl sites for hydroxylation is 1. The van der Waals surface area contributed by atoms with E-state index in [9.17, 15) is 18.7 Å². The molecule has 0 fully saturated rings. The van der Waals surface area contributed by atoms with Crippen molar-refractivity contribution in [3.63, 3.8) is 0 Å². The van der Waals surface area contributed by atoms with E-state index in [-0.39, 0.29) is 17.9 Å². The second kappa shape index (κ2) is 4.87. The van der Waals surface area contributed by atoms with Crippen molar-refractivity contribution in [3.05, 3.63) is 23.0 Å². The molecule has 0 unspecified atom stereocenters. The normalized spacial score (nSPS) is 10.6. The number of pyridine rings is 1. The number of nitrogens with zero attached hydrogens (tertiary/aromatic N) is 1. The number of esters is 1. The van der Waals surface area contributed by atoms with Crippen LogP contribution in [-0.2, 0) is 4.74 Å². The Bertz CT molecular complexity index is 407. The molecule has 1 rings (SSSR count). The van der Waals surface area contributed by atoms with Gasteiger partial charge < -0.3 is 9.84 Å². The highest BCUT2D eigenvalue weighted by Gasteiger charge is 2.20. The minimum absolute atomic E-state index is 0.0270. The Hall–Kier alpha value is -1.72. The lowest BCUT2D eigenvalue weighted by molar-refractivity contribution is 0.0522. The fourth-order valence-corrected chi connectivity index (χ4v) is 1.17. The number of aromatic nitrogens is 1. The van der Waals surface area contributed by atoms with Gasteiger partial charge in [0.15, 0.2) is 5.75 Å². The first-order valence-corrected chi connectivity index (χ1v) is 4.63. The van der Waals surface area contributed by atoms with Crippen LogP contribution < -0.4 is 0 Å². The van der Waals surface area contributed by atoms with Crippen molar-refractivity contribution in [3.8, 4) is 5.75 Å². The summed E-state index contributed by atoms with van der Waals surface area (Å²) in [6.07, 6.45) is -2.80. The van der Waals surface area contributed by atoms with Gasteiger partial charge in [0.1, 0.15) is 11.3 Å². The van der Waals surface area contributed by atoms with Crippen LogP contribution in [0.15, 0.2) is 6.07 Å². The minimum atomic E-state index is -2.80. The molecular formula is C10H11F2NO3. The SMILES string of the molecule is CCOC(=O)c1cc(C(F)F)nc(C)c1O. The van der Waals surface area contributed by atoms with Crippen LogP contribution in [0.25, 0.3) is 0 Å². The van der Waals surface area contributed by atoms with Gasteiger partial charge in [-0.05, 0) is 19.9 Å². The van der Waals surface area contributed by atoms with Gasteiger partial charge >= 0.3 is 5.97 Å². The number of alkyl halides is 2. The molecule has 1 aromatic heterocycles. The van der Waals surface area contributed by atoms with E-state index >= 15 is 0 Å². The predicted octanol–water partition coefficient (Wildman–Crippen LogP) is 2.21. The molecule has 0 radical (unpaired) electrons. The molecule has 0 aliphatic rings. The zero-order valence-corrected chi connectivity index (χ0v) is 8.83. The molecule has 0 spiro atoms. The molecule has 0 bridgehead atoms. The Kier molecular flexibility index (Phi) is 3.76. The molecule has 0 amide bonds. The Morgan fingerprint density at radius 2 is 2.25 bits per heavy atom. The molecule has 0 aromatic carbocycles. The molecule has 1 heterocycles. The fourth-order valence-electron chi connectivity index (χ4n) is 1.17. The lowest BCUT2D eigenvalue weighted by Gasteiger charge is -2.08. The van der Waals surface area contributed by atoms with Gasteiger partial charge in [-0.3, -0.25) is 0 Å². The number of halogens is 2. The summed E-state index contributed by atoms with van der Waals surface area (Å²) in [5.74, 6) is -1.27. The highest BCUT2D eigenvalue weighted by atomic mass is 19.3. The van der Waals surface area contributed by atoms with Gasteiger partial charge in [0.25, 0.3) is 6.43 Å². The van der Waals surface area contributed by atoms with Crippen molar-refractivity contribution in [1.29, 1.82) is 0 Å². The van der Waals surface area contributed by atoms with Crippen LogP contribution in [-0.4, -0.2) is 22.7 Å². The third-order valence-corrected chi connectivity index (χ3v) is 1.91. The van der Waals surface area contributed by atoms with Gasteiger partial charge in [-0.25, -0.2) is 18.6 Å². The molecule has 6 heteroatoms. The second-order valence-electron chi connectivity index (χ2n) is 3.05. The Morgan fingerprint density at radius 3 is 2.75 bits per heavy atom. The number of hydrogen-bond donors (Lipinski definition) is 1. The van der Waals surface area contributed by atoms with Gasteiger partial charge in [0.2, 0.25) is 0 Å². The van der Waals surface area contributed by atoms with Gasteiger partial charge in [-0.2, -0.15) is 0 Å². The maximum atomic E-state index is 12.4. The van der Waals surface area contributed by atoms with E-state index in [0.29, 0.717) is 0 Å². The summed E-state index contributed by atoms with van der Waals surface area (Å²) in [5.41, 5.74) is -0.871. The summed E-state index contributed by atoms with van der Waals surface area (Å²) in [6.45, 7) is 3.02. The molecule has 0 atom stereocenters. The van der Waals surface area contributed by atoms with E-state index in [1.54, 1.807) is 6.92 Å². The highest BCUT2D eigenvalue weighted by Crippen LogP contribution is 2.26. The van der Waals surface area contributed by atoms with Crippen LogP contribution in [0.4, 0.5) is 8.78 Å². The van der Waals surface area contributed by atoms with Crippen LogP contribution >= 0.6 is 0 Å². The first kappa shape index (κ1) is 12.4. The fraction of sp³-hybridized carbons (Fsp3) is 0.400. The standard InChI is InChI=1S/C10H11F2NO3/c1-3-16-10(15)6-4-7(9(11)12)13-5(2)8(6)14/h4,9,14H,3H2,1-2H3. The van der Waals surface area contributed by atoms with E-state index in [4.69, 9.17) is 0 Å². The molecule has 4 nitrogen and oxygen atoms in total. The molecule has 0 aliphatic carbocycles. The molecule has 88 valence electrons. The summed E-state index contributed by atoms with van der Waals surface area (Å²) in [6, 6.07) is 0.838. The summed E-state index contributed by atoms with van der Waals surface area (Å²) in [4.78, 5) is 14.8. The number of aromatic hydroxyl groups is 1. The van der Waals surface area contributed by atoms with Crippen LogP contribution in [0.2, 0.25) is 0 Å². The molecule has 1 aromatic rings. The number of carbonyl (C=O) groups is 1. The topological polar surface area (TPSA) is 59.4 Å². The van der Waals surface area contributed by atoms with Crippen LogP contribution in [0.1, 0.15) is 35.1 Å². The highest BCUT2D eigenvalue weighted by molar-refractivity contribution is 5.92. The van der Waals surface area contributed by atoms with Gasteiger partial charge in [-0.15, -0.1) is 0 Å². The average molecular weight is 231 g/mol. The van der Waals surface area contributed by atoms with Gasteiger partial charge in [0.05, 0.1) is 12.3 Å². The molecule has 1 N–H and O–H groups in total. The van der Waals surface area contributed by atoms with E-state index in [1.807, 2.05) is 0 Å². The Balaban J connectivity index is 3.21. The van der Waals surface area contributed by atoms with Crippen LogP contribution in [0.5, 0.6) is 5.75 Å². The molecule has 0 saturated heterocycles. The number of hydrogen-bond acceptors (Lipinski definition) is 4. The molecule has 0 saturated carbocycles. The van der Waals surface area contributed by atoms with Gasteiger partial charge in [-0.1, -0.05) is 0 Å². The maximum Gasteiger partial charge on any atom is 0.342 e. The summed E-state index contributed by atoms with van der Waals surface area (Å²) in [5, 5.41) is 9.49. The first-order valence-electron chi connectivity index (χ1n) is 4.63. The van der Waals surface area contributed by atoms with Crippen molar-refractivity contribution in [1.82, 2.24) is 4.98 Å². The summed E-state index contributed by atoms with van der Waals surface area (Å²) < 4.78 is 29.5. The smallest absolute Gasteiger partial charge is 0.342 e. The average Bonchev–Trinajstić information content (AvgIpc) is 2.21. The van der Waals surface area contributed by atoms with E-state index < -0.39 is 23.8 Å². The third kappa shape index (κ3) is 2.44. The van der Waals surface area contributed by atoms with Crippen molar-refractivity contribution in [2.24, 2.45) is 0 Å². The second-order valence-corrected chi connectivity index (χ2v) is 3.05. The zero-order chi connectivity index (χ0) is 12.3. The summed E-state index contributed by atoms with van der Waals surface area (Å²) in [7, 11) is 0. The predicted molar refractivity (Wildman–Crippen MR) is 51.6 cm³/mol. The van der Waals surface area contributed by atoms with Gasteiger partial charge in [0, 0.05) is 0 Å². The van der Waals surface area contributed by atoms with Crippen molar-refractivity contribution >= 4 is 5.97 Å². The van der Waals surface area contributed by atoms with E-state index in [0.717, 1.165) is 6.07 Å².